The Hall–Kier alpha value is -0.650. The molecule has 0 aromatic rings. The molecule has 2 fully saturated rings. The normalized spacial score (nSPS) is 27.1. The summed E-state index contributed by atoms with van der Waals surface area (Å²) in [7, 11) is 0. The Bertz CT molecular complexity index is 246. The van der Waals surface area contributed by atoms with Crippen LogP contribution in [0.25, 0.3) is 0 Å². The smallest absolute Gasteiger partial charge is 0.225 e. The van der Waals surface area contributed by atoms with Gasteiger partial charge in [0.25, 0.3) is 0 Å². The monoisotopic (exact) mass is 242 g/mol. The third-order valence-corrected chi connectivity index (χ3v) is 3.63. The first-order chi connectivity index (χ1) is 8.29. The van der Waals surface area contributed by atoms with Crippen molar-refractivity contribution in [2.24, 2.45) is 5.92 Å². The van der Waals surface area contributed by atoms with Crippen molar-refractivity contribution in [1.29, 1.82) is 0 Å². The molecule has 0 bridgehead atoms. The fraction of sp³-hybridized carbons (Fsp3) is 0.917. The summed E-state index contributed by atoms with van der Waals surface area (Å²) in [5.41, 5.74) is 0. The number of aliphatic hydroxyl groups excluding tert-OH is 1. The molecule has 17 heavy (non-hydrogen) atoms. The maximum atomic E-state index is 12.0. The van der Waals surface area contributed by atoms with Crippen LogP contribution in [-0.2, 0) is 9.53 Å². The molecule has 0 saturated carbocycles. The van der Waals surface area contributed by atoms with Crippen molar-refractivity contribution < 1.29 is 14.6 Å². The van der Waals surface area contributed by atoms with Crippen LogP contribution >= 0.6 is 0 Å². The second-order valence-corrected chi connectivity index (χ2v) is 4.91. The van der Waals surface area contributed by atoms with Gasteiger partial charge < -0.3 is 20.1 Å². The summed E-state index contributed by atoms with van der Waals surface area (Å²) in [6.45, 7) is 4.17. The molecule has 1 atom stereocenters. The number of ether oxygens (including phenoxy) is 1. The summed E-state index contributed by atoms with van der Waals surface area (Å²) in [4.78, 5) is 13.9. The molecule has 2 N–H and O–H groups in total. The van der Waals surface area contributed by atoms with Crippen LogP contribution < -0.4 is 5.32 Å². The van der Waals surface area contributed by atoms with Gasteiger partial charge in [0.1, 0.15) is 0 Å². The Kier molecular flexibility index (Phi) is 4.76. The van der Waals surface area contributed by atoms with Crippen LogP contribution in [0.15, 0.2) is 0 Å². The van der Waals surface area contributed by atoms with Crippen LogP contribution in [0.5, 0.6) is 0 Å². The average Bonchev–Trinajstić information content (AvgIpc) is 2.40. The van der Waals surface area contributed by atoms with Gasteiger partial charge in [0.2, 0.25) is 5.91 Å². The lowest BCUT2D eigenvalue weighted by molar-refractivity contribution is -0.136. The van der Waals surface area contributed by atoms with Gasteiger partial charge in [0, 0.05) is 32.8 Å². The second-order valence-electron chi connectivity index (χ2n) is 4.91. The van der Waals surface area contributed by atoms with Crippen LogP contribution in [-0.4, -0.2) is 61.4 Å². The second kappa shape index (κ2) is 6.33. The summed E-state index contributed by atoms with van der Waals surface area (Å²) >= 11 is 0. The highest BCUT2D eigenvalue weighted by Crippen LogP contribution is 2.17. The quantitative estimate of drug-likeness (QED) is 0.706. The number of rotatable bonds is 3. The van der Waals surface area contributed by atoms with Gasteiger partial charge in [-0.3, -0.25) is 4.79 Å². The van der Waals surface area contributed by atoms with Crippen molar-refractivity contribution in [2.75, 3.05) is 39.4 Å². The van der Waals surface area contributed by atoms with Gasteiger partial charge in [0.05, 0.1) is 19.1 Å². The molecule has 1 amide bonds. The molecule has 0 aromatic carbocycles. The van der Waals surface area contributed by atoms with Crippen LogP contribution in [0, 0.1) is 5.92 Å². The number of carbonyl (C=O) groups is 1. The minimum absolute atomic E-state index is 0.0341. The summed E-state index contributed by atoms with van der Waals surface area (Å²) in [5, 5.41) is 12.3. The fourth-order valence-corrected chi connectivity index (χ4v) is 2.44. The molecule has 98 valence electrons. The average molecular weight is 242 g/mol. The topological polar surface area (TPSA) is 61.8 Å². The fourth-order valence-electron chi connectivity index (χ4n) is 2.44. The molecule has 5 nitrogen and oxygen atoms in total. The van der Waals surface area contributed by atoms with E-state index in [0.717, 1.165) is 39.0 Å². The Morgan fingerprint density at radius 1 is 1.41 bits per heavy atom. The Labute approximate surface area is 102 Å². The SMILES string of the molecule is O=C(CC1CNCCO1)N1CCC(CO)CC1. The van der Waals surface area contributed by atoms with E-state index in [1.165, 1.54) is 0 Å². The molecule has 0 spiro atoms. The highest BCUT2D eigenvalue weighted by molar-refractivity contribution is 5.76. The van der Waals surface area contributed by atoms with E-state index in [1.807, 2.05) is 4.90 Å². The molecule has 2 saturated heterocycles. The number of hydrogen-bond acceptors (Lipinski definition) is 4. The van der Waals surface area contributed by atoms with Crippen LogP contribution in [0.2, 0.25) is 0 Å². The van der Waals surface area contributed by atoms with Crippen molar-refractivity contribution in [2.45, 2.75) is 25.4 Å². The number of nitrogens with zero attached hydrogens (tertiary/aromatic N) is 1. The lowest BCUT2D eigenvalue weighted by Gasteiger charge is -2.32. The summed E-state index contributed by atoms with van der Waals surface area (Å²) in [6, 6.07) is 0. The summed E-state index contributed by atoms with van der Waals surface area (Å²) in [6.07, 6.45) is 2.36. The van der Waals surface area contributed by atoms with Gasteiger partial charge in [-0.25, -0.2) is 0 Å². The van der Waals surface area contributed by atoms with E-state index in [4.69, 9.17) is 9.84 Å². The molecule has 2 aliphatic heterocycles. The first kappa shape index (κ1) is 12.8. The predicted octanol–water partition coefficient (Wildman–Crippen LogP) is -0.404. The number of carbonyl (C=O) groups excluding carboxylic acids is 1. The zero-order valence-electron chi connectivity index (χ0n) is 10.2. The number of morpholine rings is 1. The van der Waals surface area contributed by atoms with Gasteiger partial charge in [0.15, 0.2) is 0 Å². The molecule has 2 rings (SSSR count). The van der Waals surface area contributed by atoms with Gasteiger partial charge in [-0.1, -0.05) is 0 Å². The standard InChI is InChI=1S/C12H22N2O3/c15-9-10-1-4-14(5-2-10)12(16)7-11-8-13-3-6-17-11/h10-11,13,15H,1-9H2. The van der Waals surface area contributed by atoms with E-state index < -0.39 is 0 Å². The lowest BCUT2D eigenvalue weighted by Crippen LogP contribution is -2.44. The molecule has 2 aliphatic rings. The van der Waals surface area contributed by atoms with Crippen LogP contribution in [0.1, 0.15) is 19.3 Å². The molecule has 0 radical (unpaired) electrons. The number of aliphatic hydroxyl groups is 1. The maximum Gasteiger partial charge on any atom is 0.225 e. The van der Waals surface area contributed by atoms with Crippen molar-refractivity contribution >= 4 is 5.91 Å². The van der Waals surface area contributed by atoms with Crippen molar-refractivity contribution in [3.05, 3.63) is 0 Å². The number of likely N-dealkylation sites (tertiary alicyclic amines) is 1. The Balaban J connectivity index is 1.72. The Morgan fingerprint density at radius 3 is 2.76 bits per heavy atom. The number of amides is 1. The number of piperidine rings is 1. The molecule has 0 aromatic heterocycles. The van der Waals surface area contributed by atoms with Gasteiger partial charge in [-0.15, -0.1) is 0 Å². The summed E-state index contributed by atoms with van der Waals surface area (Å²) < 4.78 is 5.53. The third kappa shape index (κ3) is 3.66. The first-order valence-corrected chi connectivity index (χ1v) is 6.50. The molecule has 0 aliphatic carbocycles. The molecule has 1 unspecified atom stereocenters. The maximum absolute atomic E-state index is 12.0. The molecular weight excluding hydrogens is 220 g/mol. The minimum atomic E-state index is 0.0341. The first-order valence-electron chi connectivity index (χ1n) is 6.50. The van der Waals surface area contributed by atoms with E-state index >= 15 is 0 Å². The number of hydrogen-bond donors (Lipinski definition) is 2. The van der Waals surface area contributed by atoms with Crippen molar-refractivity contribution in [3.8, 4) is 0 Å². The van der Waals surface area contributed by atoms with Gasteiger partial charge >= 0.3 is 0 Å². The summed E-state index contributed by atoms with van der Waals surface area (Å²) in [5.74, 6) is 0.571. The number of nitrogens with one attached hydrogen (secondary N) is 1. The molecule has 2 heterocycles. The highest BCUT2D eigenvalue weighted by atomic mass is 16.5. The van der Waals surface area contributed by atoms with Crippen LogP contribution in [0.4, 0.5) is 0 Å². The molecule has 5 heteroatoms. The zero-order chi connectivity index (χ0) is 12.1. The minimum Gasteiger partial charge on any atom is -0.396 e. The third-order valence-electron chi connectivity index (χ3n) is 3.63. The van der Waals surface area contributed by atoms with Crippen molar-refractivity contribution in [3.63, 3.8) is 0 Å². The van der Waals surface area contributed by atoms with Gasteiger partial charge in [-0.05, 0) is 18.8 Å². The van der Waals surface area contributed by atoms with Crippen LogP contribution in [0.3, 0.4) is 0 Å². The lowest BCUT2D eigenvalue weighted by atomic mass is 9.97. The largest absolute Gasteiger partial charge is 0.396 e. The zero-order valence-corrected chi connectivity index (χ0v) is 10.2. The van der Waals surface area contributed by atoms with E-state index in [-0.39, 0.29) is 18.6 Å². The van der Waals surface area contributed by atoms with E-state index in [1.54, 1.807) is 0 Å². The highest BCUT2D eigenvalue weighted by Gasteiger charge is 2.25. The van der Waals surface area contributed by atoms with Gasteiger partial charge in [-0.2, -0.15) is 0 Å². The molecular formula is C12H22N2O3. The van der Waals surface area contributed by atoms with E-state index in [0.29, 0.717) is 18.9 Å². The van der Waals surface area contributed by atoms with E-state index in [9.17, 15) is 4.79 Å². The van der Waals surface area contributed by atoms with Crippen molar-refractivity contribution in [1.82, 2.24) is 10.2 Å². The Morgan fingerprint density at radius 2 is 2.18 bits per heavy atom. The predicted molar refractivity (Wildman–Crippen MR) is 63.6 cm³/mol. The van der Waals surface area contributed by atoms with E-state index in [2.05, 4.69) is 5.32 Å².